The van der Waals surface area contributed by atoms with E-state index >= 15 is 0 Å². The van der Waals surface area contributed by atoms with Crippen molar-refractivity contribution in [2.75, 3.05) is 26.7 Å². The normalized spacial score (nSPS) is 20.8. The number of amides is 1. The molecule has 1 fully saturated rings. The molecule has 1 rings (SSSR count). The molecular weight excluding hydrogens is 176 g/mol. The quantitative estimate of drug-likeness (QED) is 0.526. The Morgan fingerprint density at radius 2 is 2.50 bits per heavy atom. The maximum Gasteiger partial charge on any atom is 0.226 e. The maximum absolute atomic E-state index is 11.8. The van der Waals surface area contributed by atoms with Crippen LogP contribution >= 0.6 is 0 Å². The molecule has 1 atom stereocenters. The van der Waals surface area contributed by atoms with Crippen molar-refractivity contribution in [2.45, 2.75) is 19.3 Å². The third-order valence-electron chi connectivity index (χ3n) is 2.69. The van der Waals surface area contributed by atoms with Crippen molar-refractivity contribution in [3.63, 3.8) is 0 Å². The summed E-state index contributed by atoms with van der Waals surface area (Å²) in [5, 5.41) is 3.21. The van der Waals surface area contributed by atoms with Crippen LogP contribution < -0.4 is 5.32 Å². The van der Waals surface area contributed by atoms with Gasteiger partial charge in [-0.15, -0.1) is 6.58 Å². The fourth-order valence-corrected chi connectivity index (χ4v) is 1.76. The number of rotatable bonds is 5. The SMILES string of the molecule is C=CCCCN(C)C(=O)C1CCNC1. The Labute approximate surface area is 86.2 Å². The van der Waals surface area contributed by atoms with E-state index in [1.807, 2.05) is 18.0 Å². The molecule has 1 heterocycles. The minimum atomic E-state index is 0.212. The van der Waals surface area contributed by atoms with Crippen LogP contribution in [-0.2, 0) is 4.79 Å². The van der Waals surface area contributed by atoms with E-state index in [1.165, 1.54) is 0 Å². The number of hydrogen-bond acceptors (Lipinski definition) is 2. The van der Waals surface area contributed by atoms with Gasteiger partial charge in [0.2, 0.25) is 5.91 Å². The second-order valence-electron chi connectivity index (χ2n) is 3.88. The first-order chi connectivity index (χ1) is 6.75. The van der Waals surface area contributed by atoms with Gasteiger partial charge in [-0.3, -0.25) is 4.79 Å². The van der Waals surface area contributed by atoms with E-state index in [1.54, 1.807) is 0 Å². The zero-order valence-corrected chi connectivity index (χ0v) is 8.96. The third-order valence-corrected chi connectivity index (χ3v) is 2.69. The van der Waals surface area contributed by atoms with E-state index in [-0.39, 0.29) is 5.92 Å². The van der Waals surface area contributed by atoms with E-state index in [2.05, 4.69) is 11.9 Å². The second-order valence-corrected chi connectivity index (χ2v) is 3.88. The molecule has 0 radical (unpaired) electrons. The van der Waals surface area contributed by atoms with Gasteiger partial charge in [-0.05, 0) is 25.8 Å². The third kappa shape index (κ3) is 3.14. The zero-order valence-electron chi connectivity index (χ0n) is 8.96. The molecular formula is C11H20N2O. The Bertz CT molecular complexity index is 197. The number of carbonyl (C=O) groups is 1. The van der Waals surface area contributed by atoms with Crippen LogP contribution in [0.3, 0.4) is 0 Å². The van der Waals surface area contributed by atoms with E-state index in [4.69, 9.17) is 0 Å². The highest BCUT2D eigenvalue weighted by Gasteiger charge is 2.24. The molecule has 1 saturated heterocycles. The van der Waals surface area contributed by atoms with Gasteiger partial charge >= 0.3 is 0 Å². The van der Waals surface area contributed by atoms with Gasteiger partial charge in [-0.1, -0.05) is 6.08 Å². The van der Waals surface area contributed by atoms with Crippen LogP contribution in [0.5, 0.6) is 0 Å². The van der Waals surface area contributed by atoms with Gasteiger partial charge in [0, 0.05) is 20.1 Å². The van der Waals surface area contributed by atoms with Crippen LogP contribution in [0.25, 0.3) is 0 Å². The molecule has 0 aliphatic carbocycles. The molecule has 1 N–H and O–H groups in total. The van der Waals surface area contributed by atoms with Crippen LogP contribution in [0.15, 0.2) is 12.7 Å². The smallest absolute Gasteiger partial charge is 0.226 e. The predicted molar refractivity (Wildman–Crippen MR) is 58.0 cm³/mol. The van der Waals surface area contributed by atoms with Gasteiger partial charge in [-0.25, -0.2) is 0 Å². The summed E-state index contributed by atoms with van der Waals surface area (Å²) in [5.41, 5.74) is 0. The molecule has 3 heteroatoms. The number of allylic oxidation sites excluding steroid dienone is 1. The van der Waals surface area contributed by atoms with Crippen molar-refractivity contribution >= 4 is 5.91 Å². The van der Waals surface area contributed by atoms with Crippen LogP contribution in [0.2, 0.25) is 0 Å². The van der Waals surface area contributed by atoms with E-state index in [9.17, 15) is 4.79 Å². The Balaban J connectivity index is 2.24. The average Bonchev–Trinajstić information content (AvgIpc) is 2.69. The summed E-state index contributed by atoms with van der Waals surface area (Å²) in [6.07, 6.45) is 4.90. The summed E-state index contributed by atoms with van der Waals surface area (Å²) in [5.74, 6) is 0.503. The van der Waals surface area contributed by atoms with Crippen molar-refractivity contribution in [1.29, 1.82) is 0 Å². The van der Waals surface area contributed by atoms with E-state index in [0.29, 0.717) is 5.91 Å². The van der Waals surface area contributed by atoms with E-state index < -0.39 is 0 Å². The molecule has 0 aromatic rings. The number of nitrogens with zero attached hydrogens (tertiary/aromatic N) is 1. The molecule has 80 valence electrons. The summed E-state index contributed by atoms with van der Waals surface area (Å²) in [6.45, 7) is 6.35. The van der Waals surface area contributed by atoms with Gasteiger partial charge in [0.05, 0.1) is 5.92 Å². The topological polar surface area (TPSA) is 32.3 Å². The Kier molecular flexibility index (Phi) is 4.66. The Morgan fingerprint density at radius 1 is 1.71 bits per heavy atom. The van der Waals surface area contributed by atoms with Crippen LogP contribution in [-0.4, -0.2) is 37.5 Å². The standard InChI is InChI=1S/C11H20N2O/c1-3-4-5-8-13(2)11(14)10-6-7-12-9-10/h3,10,12H,1,4-9H2,2H3. The fraction of sp³-hybridized carbons (Fsp3) is 0.727. The van der Waals surface area contributed by atoms with Gasteiger partial charge in [-0.2, -0.15) is 0 Å². The van der Waals surface area contributed by atoms with Gasteiger partial charge in [0.1, 0.15) is 0 Å². The summed E-state index contributed by atoms with van der Waals surface area (Å²) in [7, 11) is 1.89. The lowest BCUT2D eigenvalue weighted by molar-refractivity contribution is -0.133. The van der Waals surface area contributed by atoms with Crippen LogP contribution in [0, 0.1) is 5.92 Å². The number of nitrogens with one attached hydrogen (secondary N) is 1. The highest BCUT2D eigenvalue weighted by Crippen LogP contribution is 2.11. The summed E-state index contributed by atoms with van der Waals surface area (Å²) >= 11 is 0. The van der Waals surface area contributed by atoms with Gasteiger partial charge in [0.25, 0.3) is 0 Å². The molecule has 14 heavy (non-hydrogen) atoms. The van der Waals surface area contributed by atoms with Gasteiger partial charge < -0.3 is 10.2 Å². The average molecular weight is 196 g/mol. The molecule has 1 aliphatic rings. The second kappa shape index (κ2) is 5.81. The van der Waals surface area contributed by atoms with Crippen molar-refractivity contribution in [2.24, 2.45) is 5.92 Å². The van der Waals surface area contributed by atoms with Crippen LogP contribution in [0.4, 0.5) is 0 Å². The molecule has 3 nitrogen and oxygen atoms in total. The summed E-state index contributed by atoms with van der Waals surface area (Å²) in [4.78, 5) is 13.6. The number of hydrogen-bond donors (Lipinski definition) is 1. The first kappa shape index (κ1) is 11.2. The number of carbonyl (C=O) groups excluding carboxylic acids is 1. The summed E-state index contributed by atoms with van der Waals surface area (Å²) < 4.78 is 0. The summed E-state index contributed by atoms with van der Waals surface area (Å²) in [6, 6.07) is 0. The lowest BCUT2D eigenvalue weighted by Gasteiger charge is -2.20. The Morgan fingerprint density at radius 3 is 3.07 bits per heavy atom. The van der Waals surface area contributed by atoms with Crippen molar-refractivity contribution in [3.05, 3.63) is 12.7 Å². The fourth-order valence-electron chi connectivity index (χ4n) is 1.76. The van der Waals surface area contributed by atoms with E-state index in [0.717, 1.165) is 38.9 Å². The monoisotopic (exact) mass is 196 g/mol. The minimum Gasteiger partial charge on any atom is -0.345 e. The van der Waals surface area contributed by atoms with Crippen LogP contribution in [0.1, 0.15) is 19.3 Å². The minimum absolute atomic E-state index is 0.212. The maximum atomic E-state index is 11.8. The number of unbranched alkanes of at least 4 members (excludes halogenated alkanes) is 1. The molecule has 1 aliphatic heterocycles. The zero-order chi connectivity index (χ0) is 10.4. The largest absolute Gasteiger partial charge is 0.345 e. The first-order valence-electron chi connectivity index (χ1n) is 5.32. The lowest BCUT2D eigenvalue weighted by atomic mass is 10.1. The lowest BCUT2D eigenvalue weighted by Crippen LogP contribution is -2.34. The molecule has 1 unspecified atom stereocenters. The molecule has 0 bridgehead atoms. The van der Waals surface area contributed by atoms with Crippen molar-refractivity contribution < 1.29 is 4.79 Å². The highest BCUT2D eigenvalue weighted by atomic mass is 16.2. The molecule has 0 saturated carbocycles. The molecule has 0 aromatic carbocycles. The molecule has 1 amide bonds. The first-order valence-corrected chi connectivity index (χ1v) is 5.32. The van der Waals surface area contributed by atoms with Gasteiger partial charge in [0.15, 0.2) is 0 Å². The molecule has 0 aromatic heterocycles. The van der Waals surface area contributed by atoms with Crippen molar-refractivity contribution in [3.8, 4) is 0 Å². The Hall–Kier alpha value is -0.830. The molecule has 0 spiro atoms. The highest BCUT2D eigenvalue weighted by molar-refractivity contribution is 5.79. The van der Waals surface area contributed by atoms with Crippen molar-refractivity contribution in [1.82, 2.24) is 10.2 Å². The predicted octanol–water partition coefficient (Wildman–Crippen LogP) is 1.02.